The van der Waals surface area contributed by atoms with Crippen molar-refractivity contribution in [2.24, 2.45) is 23.7 Å². The SMILES string of the molecule is CN(CCc1ccncc1)C(=O)C1[C@@H]2CN(C(=O)C3CCOC3)C[C@@H]12. The molecular weight excluding hydrogens is 318 g/mol. The summed E-state index contributed by atoms with van der Waals surface area (Å²) in [5, 5.41) is 0. The summed E-state index contributed by atoms with van der Waals surface area (Å²) < 4.78 is 5.32. The highest BCUT2D eigenvalue weighted by molar-refractivity contribution is 5.84. The number of likely N-dealkylation sites (tertiary alicyclic amines) is 1. The van der Waals surface area contributed by atoms with Crippen molar-refractivity contribution in [3.63, 3.8) is 0 Å². The van der Waals surface area contributed by atoms with Crippen molar-refractivity contribution >= 4 is 11.8 Å². The summed E-state index contributed by atoms with van der Waals surface area (Å²) in [7, 11) is 1.89. The van der Waals surface area contributed by atoms with Gasteiger partial charge in [0.1, 0.15) is 0 Å². The average molecular weight is 343 g/mol. The first-order chi connectivity index (χ1) is 12.1. The second-order valence-electron chi connectivity index (χ2n) is 7.52. The number of fused-ring (bicyclic) bond motifs is 1. The van der Waals surface area contributed by atoms with Crippen molar-refractivity contribution in [3.05, 3.63) is 30.1 Å². The number of rotatable bonds is 5. The first-order valence-corrected chi connectivity index (χ1v) is 9.15. The van der Waals surface area contributed by atoms with Gasteiger partial charge in [-0.25, -0.2) is 0 Å². The molecular formula is C19H25N3O3. The number of pyridine rings is 1. The highest BCUT2D eigenvalue weighted by atomic mass is 16.5. The van der Waals surface area contributed by atoms with Gasteiger partial charge in [0, 0.05) is 51.6 Å². The average Bonchev–Trinajstić information content (AvgIpc) is 3.05. The molecule has 1 unspecified atom stereocenters. The van der Waals surface area contributed by atoms with Crippen LogP contribution in [-0.2, 0) is 20.7 Å². The predicted molar refractivity (Wildman–Crippen MR) is 91.6 cm³/mol. The molecule has 0 aromatic carbocycles. The Balaban J connectivity index is 1.25. The number of amides is 2. The molecule has 3 fully saturated rings. The third-order valence-corrected chi connectivity index (χ3v) is 5.93. The normalized spacial score (nSPS) is 30.2. The molecule has 6 nitrogen and oxygen atoms in total. The van der Waals surface area contributed by atoms with Crippen LogP contribution in [0.4, 0.5) is 0 Å². The van der Waals surface area contributed by atoms with E-state index in [2.05, 4.69) is 4.98 Å². The van der Waals surface area contributed by atoms with E-state index in [0.29, 0.717) is 25.0 Å². The van der Waals surface area contributed by atoms with E-state index in [1.165, 1.54) is 5.56 Å². The van der Waals surface area contributed by atoms with Gasteiger partial charge in [-0.1, -0.05) is 0 Å². The van der Waals surface area contributed by atoms with Crippen molar-refractivity contribution in [1.82, 2.24) is 14.8 Å². The Morgan fingerprint density at radius 3 is 2.64 bits per heavy atom. The largest absolute Gasteiger partial charge is 0.381 e. The second kappa shape index (κ2) is 6.75. The molecule has 3 aliphatic rings. The van der Waals surface area contributed by atoms with Crippen LogP contribution in [0.5, 0.6) is 0 Å². The van der Waals surface area contributed by atoms with Crippen LogP contribution in [0.3, 0.4) is 0 Å². The fourth-order valence-electron chi connectivity index (χ4n) is 4.27. The Bertz CT molecular complexity index is 633. The lowest BCUT2D eigenvalue weighted by Gasteiger charge is -2.24. The molecule has 2 amide bonds. The lowest BCUT2D eigenvalue weighted by Crippen LogP contribution is -2.39. The van der Waals surface area contributed by atoms with E-state index in [1.807, 2.05) is 29.0 Å². The van der Waals surface area contributed by atoms with Crippen LogP contribution in [0.2, 0.25) is 0 Å². The quantitative estimate of drug-likeness (QED) is 0.794. The van der Waals surface area contributed by atoms with E-state index in [-0.39, 0.29) is 23.7 Å². The maximum absolute atomic E-state index is 12.7. The third-order valence-electron chi connectivity index (χ3n) is 5.93. The number of carbonyl (C=O) groups excluding carboxylic acids is 2. The summed E-state index contributed by atoms with van der Waals surface area (Å²) in [5.41, 5.74) is 1.20. The van der Waals surface area contributed by atoms with E-state index in [1.54, 1.807) is 12.4 Å². The smallest absolute Gasteiger partial charge is 0.228 e. The van der Waals surface area contributed by atoms with Crippen LogP contribution < -0.4 is 0 Å². The third kappa shape index (κ3) is 3.27. The van der Waals surface area contributed by atoms with Gasteiger partial charge in [0.2, 0.25) is 11.8 Å². The number of hydrogen-bond donors (Lipinski definition) is 0. The predicted octanol–water partition coefficient (Wildman–Crippen LogP) is 0.823. The number of nitrogens with zero attached hydrogens (tertiary/aromatic N) is 3. The van der Waals surface area contributed by atoms with Gasteiger partial charge in [-0.3, -0.25) is 14.6 Å². The standard InChI is InChI=1S/C19H25N3O3/c1-21(8-4-13-2-6-20-7-3-13)19(24)17-15-10-22(11-16(15)17)18(23)14-5-9-25-12-14/h2-3,6-7,14-17H,4-5,8-12H2,1H3/t14?,15-,16-/m1/s1. The summed E-state index contributed by atoms with van der Waals surface area (Å²) in [5.74, 6) is 1.34. The highest BCUT2D eigenvalue weighted by Crippen LogP contribution is 2.52. The van der Waals surface area contributed by atoms with Gasteiger partial charge in [-0.15, -0.1) is 0 Å². The molecule has 3 heterocycles. The van der Waals surface area contributed by atoms with Gasteiger partial charge in [0.05, 0.1) is 12.5 Å². The molecule has 3 atom stereocenters. The van der Waals surface area contributed by atoms with Crippen molar-refractivity contribution in [3.8, 4) is 0 Å². The molecule has 2 saturated heterocycles. The zero-order valence-corrected chi connectivity index (χ0v) is 14.6. The molecule has 0 spiro atoms. The topological polar surface area (TPSA) is 62.7 Å². The van der Waals surface area contributed by atoms with E-state index >= 15 is 0 Å². The molecule has 6 heteroatoms. The van der Waals surface area contributed by atoms with Crippen molar-refractivity contribution in [2.75, 3.05) is 39.9 Å². The number of piperidine rings is 1. The minimum atomic E-state index is 0.0367. The number of likely N-dealkylation sites (N-methyl/N-ethyl adjacent to an activating group) is 1. The number of ether oxygens (including phenoxy) is 1. The number of aromatic nitrogens is 1. The molecule has 0 N–H and O–H groups in total. The van der Waals surface area contributed by atoms with Gasteiger partial charge < -0.3 is 14.5 Å². The summed E-state index contributed by atoms with van der Waals surface area (Å²) >= 11 is 0. The molecule has 2 aliphatic heterocycles. The first-order valence-electron chi connectivity index (χ1n) is 9.15. The minimum Gasteiger partial charge on any atom is -0.381 e. The van der Waals surface area contributed by atoms with Crippen LogP contribution in [0.25, 0.3) is 0 Å². The fourth-order valence-corrected chi connectivity index (χ4v) is 4.27. The van der Waals surface area contributed by atoms with Crippen molar-refractivity contribution in [1.29, 1.82) is 0 Å². The van der Waals surface area contributed by atoms with Crippen LogP contribution in [0.1, 0.15) is 12.0 Å². The maximum atomic E-state index is 12.7. The molecule has 134 valence electrons. The molecule has 1 aromatic heterocycles. The fraction of sp³-hybridized carbons (Fsp3) is 0.632. The first kappa shape index (κ1) is 16.5. The summed E-state index contributed by atoms with van der Waals surface area (Å²) in [6.45, 7) is 3.47. The Morgan fingerprint density at radius 1 is 1.28 bits per heavy atom. The lowest BCUT2D eigenvalue weighted by molar-refractivity contribution is -0.137. The van der Waals surface area contributed by atoms with Crippen LogP contribution in [0.15, 0.2) is 24.5 Å². The van der Waals surface area contributed by atoms with E-state index in [0.717, 1.165) is 32.5 Å². The number of carbonyl (C=O) groups is 2. The van der Waals surface area contributed by atoms with Crippen LogP contribution in [-0.4, -0.2) is 66.5 Å². The minimum absolute atomic E-state index is 0.0367. The lowest BCUT2D eigenvalue weighted by atomic mass is 10.1. The summed E-state index contributed by atoms with van der Waals surface area (Å²) in [4.78, 5) is 32.9. The molecule has 1 aliphatic carbocycles. The van der Waals surface area contributed by atoms with Gasteiger partial charge >= 0.3 is 0 Å². The highest BCUT2D eigenvalue weighted by Gasteiger charge is 2.61. The van der Waals surface area contributed by atoms with Gasteiger partial charge in [0.25, 0.3) is 0 Å². The van der Waals surface area contributed by atoms with E-state index < -0.39 is 0 Å². The van der Waals surface area contributed by atoms with E-state index in [9.17, 15) is 9.59 Å². The molecule has 1 saturated carbocycles. The van der Waals surface area contributed by atoms with Crippen LogP contribution >= 0.6 is 0 Å². The van der Waals surface area contributed by atoms with Gasteiger partial charge in [-0.2, -0.15) is 0 Å². The van der Waals surface area contributed by atoms with Crippen molar-refractivity contribution < 1.29 is 14.3 Å². The molecule has 1 aromatic rings. The zero-order chi connectivity index (χ0) is 17.4. The molecule has 0 radical (unpaired) electrons. The van der Waals surface area contributed by atoms with Gasteiger partial charge in [0.15, 0.2) is 0 Å². The van der Waals surface area contributed by atoms with Crippen LogP contribution in [0, 0.1) is 23.7 Å². The van der Waals surface area contributed by atoms with E-state index in [4.69, 9.17) is 4.74 Å². The molecule has 0 bridgehead atoms. The maximum Gasteiger partial charge on any atom is 0.228 e. The summed E-state index contributed by atoms with van der Waals surface area (Å²) in [6, 6.07) is 3.97. The summed E-state index contributed by atoms with van der Waals surface area (Å²) in [6.07, 6.45) is 5.25. The number of hydrogen-bond acceptors (Lipinski definition) is 4. The Hall–Kier alpha value is -1.95. The zero-order valence-electron chi connectivity index (χ0n) is 14.6. The molecule has 4 rings (SSSR count). The monoisotopic (exact) mass is 343 g/mol. The Morgan fingerprint density at radius 2 is 2.00 bits per heavy atom. The second-order valence-corrected chi connectivity index (χ2v) is 7.52. The van der Waals surface area contributed by atoms with Crippen molar-refractivity contribution in [2.45, 2.75) is 12.8 Å². The Labute approximate surface area is 148 Å². The Kier molecular flexibility index (Phi) is 4.46. The molecule has 25 heavy (non-hydrogen) atoms. The van der Waals surface area contributed by atoms with Gasteiger partial charge in [-0.05, 0) is 42.4 Å².